The molecule has 7 N–H and O–H groups in total. The number of rotatable bonds is 10. The first-order chi connectivity index (χ1) is 13.5. The summed E-state index contributed by atoms with van der Waals surface area (Å²) in [6.45, 7) is -0.774. The number of hydrogen-bond donors (Lipinski definition) is 7. The minimum absolute atomic E-state index is 0.107. The summed E-state index contributed by atoms with van der Waals surface area (Å²) in [4.78, 5) is 0. The van der Waals surface area contributed by atoms with Gasteiger partial charge in [0, 0.05) is 0 Å². The van der Waals surface area contributed by atoms with Crippen LogP contribution in [0.4, 0.5) is 11.4 Å². The molecule has 0 aliphatic heterocycles. The monoisotopic (exact) mass is 388 g/mol. The van der Waals surface area contributed by atoms with E-state index in [-0.39, 0.29) is 5.71 Å². The molecule has 2 rings (SSSR count). The zero-order valence-electron chi connectivity index (χ0n) is 15.0. The van der Waals surface area contributed by atoms with Gasteiger partial charge >= 0.3 is 0 Å². The highest BCUT2D eigenvalue weighted by molar-refractivity contribution is 6.33. The SMILES string of the molecule is OC[C@H](O)[C@H](O)[C@@H](O)[C@@H](O)C(C=NNc1ccccc1)=NNc1ccccc1. The number of hydrogen-bond acceptors (Lipinski definition) is 9. The molecule has 0 heterocycles. The smallest absolute Gasteiger partial charge is 0.128 e. The Labute approximate surface area is 162 Å². The van der Waals surface area contributed by atoms with E-state index in [4.69, 9.17) is 5.11 Å². The van der Waals surface area contributed by atoms with E-state index < -0.39 is 31.0 Å². The van der Waals surface area contributed by atoms with Gasteiger partial charge in [0.2, 0.25) is 0 Å². The second kappa shape index (κ2) is 11.1. The van der Waals surface area contributed by atoms with Crippen molar-refractivity contribution in [2.24, 2.45) is 10.2 Å². The number of anilines is 2. The molecule has 0 saturated heterocycles. The molecule has 4 atom stereocenters. The lowest BCUT2D eigenvalue weighted by Crippen LogP contribution is -2.49. The molecule has 0 unspecified atom stereocenters. The Hall–Kier alpha value is -2.82. The first kappa shape index (κ1) is 21.5. The second-order valence-corrected chi connectivity index (χ2v) is 5.93. The van der Waals surface area contributed by atoms with Crippen molar-refractivity contribution >= 4 is 23.3 Å². The van der Waals surface area contributed by atoms with Crippen molar-refractivity contribution in [2.75, 3.05) is 17.5 Å². The summed E-state index contributed by atoms with van der Waals surface area (Å²) in [5.41, 5.74) is 6.68. The van der Waals surface area contributed by atoms with Gasteiger partial charge in [-0.1, -0.05) is 36.4 Å². The van der Waals surface area contributed by atoms with Crippen LogP contribution in [0.25, 0.3) is 0 Å². The maximum absolute atomic E-state index is 10.4. The molecule has 0 fully saturated rings. The lowest BCUT2D eigenvalue weighted by molar-refractivity contribution is -0.100. The zero-order valence-corrected chi connectivity index (χ0v) is 15.0. The number of aliphatic hydroxyl groups excluding tert-OH is 5. The minimum Gasteiger partial charge on any atom is -0.394 e. The molecule has 0 spiro atoms. The van der Waals surface area contributed by atoms with E-state index in [1.165, 1.54) is 6.21 Å². The average Bonchev–Trinajstić information content (AvgIpc) is 2.75. The molecular weight excluding hydrogens is 364 g/mol. The molecule has 0 radical (unpaired) electrons. The predicted octanol–water partition coefficient (Wildman–Crippen LogP) is -0.0117. The van der Waals surface area contributed by atoms with Crippen molar-refractivity contribution in [3.63, 3.8) is 0 Å². The van der Waals surface area contributed by atoms with Gasteiger partial charge in [0.05, 0.1) is 24.2 Å². The first-order valence-electron chi connectivity index (χ1n) is 8.59. The number of hydrazone groups is 2. The predicted molar refractivity (Wildman–Crippen MR) is 107 cm³/mol. The van der Waals surface area contributed by atoms with Crippen molar-refractivity contribution < 1.29 is 25.5 Å². The highest BCUT2D eigenvalue weighted by Gasteiger charge is 2.32. The van der Waals surface area contributed by atoms with E-state index in [1.807, 2.05) is 24.3 Å². The highest BCUT2D eigenvalue weighted by atomic mass is 16.4. The van der Waals surface area contributed by atoms with E-state index in [9.17, 15) is 20.4 Å². The van der Waals surface area contributed by atoms with Crippen molar-refractivity contribution in [1.82, 2.24) is 0 Å². The van der Waals surface area contributed by atoms with Gasteiger partial charge in [-0.05, 0) is 24.3 Å². The van der Waals surface area contributed by atoms with E-state index in [0.29, 0.717) is 11.4 Å². The third-order valence-corrected chi connectivity index (χ3v) is 3.81. The molecule has 2 aromatic carbocycles. The topological polar surface area (TPSA) is 150 Å². The molecule has 0 aliphatic rings. The number of nitrogens with one attached hydrogen (secondary N) is 2. The van der Waals surface area contributed by atoms with Crippen LogP contribution >= 0.6 is 0 Å². The van der Waals surface area contributed by atoms with Gasteiger partial charge in [-0.25, -0.2) is 0 Å². The molecule has 9 heteroatoms. The summed E-state index contributed by atoms with van der Waals surface area (Å²) in [5, 5.41) is 56.7. The average molecular weight is 388 g/mol. The summed E-state index contributed by atoms with van der Waals surface area (Å²) in [7, 11) is 0. The molecule has 0 aliphatic carbocycles. The van der Waals surface area contributed by atoms with E-state index in [2.05, 4.69) is 21.1 Å². The second-order valence-electron chi connectivity index (χ2n) is 5.93. The molecule has 0 saturated carbocycles. The van der Waals surface area contributed by atoms with Crippen LogP contribution in [0, 0.1) is 0 Å². The molecule has 28 heavy (non-hydrogen) atoms. The maximum atomic E-state index is 10.4. The number of aliphatic hydroxyl groups is 5. The summed E-state index contributed by atoms with van der Waals surface area (Å²) in [6.07, 6.45) is -5.71. The van der Waals surface area contributed by atoms with Crippen LogP contribution in [0.2, 0.25) is 0 Å². The van der Waals surface area contributed by atoms with Gasteiger partial charge in [0.25, 0.3) is 0 Å². The third kappa shape index (κ3) is 6.41. The Balaban J connectivity index is 2.16. The quantitative estimate of drug-likeness (QED) is 0.223. The van der Waals surface area contributed by atoms with E-state index >= 15 is 0 Å². The van der Waals surface area contributed by atoms with Gasteiger partial charge in [-0.3, -0.25) is 10.9 Å². The zero-order chi connectivity index (χ0) is 20.4. The van der Waals surface area contributed by atoms with E-state index in [0.717, 1.165) is 0 Å². The normalized spacial score (nSPS) is 16.4. The van der Waals surface area contributed by atoms with Crippen LogP contribution in [0.5, 0.6) is 0 Å². The lowest BCUT2D eigenvalue weighted by Gasteiger charge is -2.25. The molecule has 0 bridgehead atoms. The molecule has 2 aromatic rings. The Morgan fingerprint density at radius 3 is 1.89 bits per heavy atom. The van der Waals surface area contributed by atoms with Gasteiger partial charge in [0.1, 0.15) is 30.1 Å². The standard InChI is InChI=1S/C19H24N4O5/c24-12-16(25)18(27)19(28)17(26)15(23-22-14-9-5-2-6-10-14)11-20-21-13-7-3-1-4-8-13/h1-11,16-19,21-22,24-28H,12H2/t16-,17-,18-,19-/m0/s1. The fourth-order valence-electron chi connectivity index (χ4n) is 2.20. The Bertz CT molecular complexity index is 757. The molecular formula is C19H24N4O5. The summed E-state index contributed by atoms with van der Waals surface area (Å²) in [5.74, 6) is 0. The lowest BCUT2D eigenvalue weighted by atomic mass is 10.0. The number of benzene rings is 2. The van der Waals surface area contributed by atoms with E-state index in [1.54, 1.807) is 36.4 Å². The van der Waals surface area contributed by atoms with Crippen molar-refractivity contribution in [3.8, 4) is 0 Å². The van der Waals surface area contributed by atoms with Gasteiger partial charge < -0.3 is 25.5 Å². The molecule has 150 valence electrons. The molecule has 9 nitrogen and oxygen atoms in total. The molecule has 0 amide bonds. The van der Waals surface area contributed by atoms with Crippen LogP contribution in [0.3, 0.4) is 0 Å². The van der Waals surface area contributed by atoms with Crippen molar-refractivity contribution in [3.05, 3.63) is 60.7 Å². The highest BCUT2D eigenvalue weighted by Crippen LogP contribution is 2.09. The van der Waals surface area contributed by atoms with Crippen molar-refractivity contribution in [1.29, 1.82) is 0 Å². The Morgan fingerprint density at radius 2 is 1.36 bits per heavy atom. The fourth-order valence-corrected chi connectivity index (χ4v) is 2.20. The molecule has 0 aromatic heterocycles. The maximum Gasteiger partial charge on any atom is 0.128 e. The van der Waals surface area contributed by atoms with Gasteiger partial charge in [0.15, 0.2) is 0 Å². The van der Waals surface area contributed by atoms with Crippen LogP contribution in [-0.2, 0) is 0 Å². The summed E-state index contributed by atoms with van der Waals surface area (Å²) in [6, 6.07) is 17.9. The van der Waals surface area contributed by atoms with Crippen molar-refractivity contribution in [2.45, 2.75) is 24.4 Å². The van der Waals surface area contributed by atoms with Crippen LogP contribution < -0.4 is 10.9 Å². The summed E-state index contributed by atoms with van der Waals surface area (Å²) >= 11 is 0. The fraction of sp³-hybridized carbons (Fsp3) is 0.263. The summed E-state index contributed by atoms with van der Waals surface area (Å²) < 4.78 is 0. The largest absolute Gasteiger partial charge is 0.394 e. The number of para-hydroxylation sites is 2. The minimum atomic E-state index is -1.80. The first-order valence-corrected chi connectivity index (χ1v) is 8.59. The number of nitrogens with zero attached hydrogens (tertiary/aromatic N) is 2. The third-order valence-electron chi connectivity index (χ3n) is 3.81. The Morgan fingerprint density at radius 1 is 0.821 bits per heavy atom. The van der Waals surface area contributed by atoms with Crippen LogP contribution in [0.15, 0.2) is 70.9 Å². The van der Waals surface area contributed by atoms with Gasteiger partial charge in [-0.2, -0.15) is 10.2 Å². The van der Waals surface area contributed by atoms with Gasteiger partial charge in [-0.15, -0.1) is 0 Å². The van der Waals surface area contributed by atoms with Crippen LogP contribution in [-0.4, -0.2) is 68.5 Å². The Kier molecular flexibility index (Phi) is 8.53. The van der Waals surface area contributed by atoms with Crippen LogP contribution in [0.1, 0.15) is 0 Å².